The van der Waals surface area contributed by atoms with E-state index in [2.05, 4.69) is 4.90 Å². The summed E-state index contributed by atoms with van der Waals surface area (Å²) in [5.41, 5.74) is 6.79. The molecule has 1 rings (SSSR count). The van der Waals surface area contributed by atoms with E-state index in [4.69, 9.17) is 15.9 Å². The van der Waals surface area contributed by atoms with Gasteiger partial charge in [-0.1, -0.05) is 6.07 Å². The third-order valence-electron chi connectivity index (χ3n) is 2.69. The highest BCUT2D eigenvalue weighted by molar-refractivity contribution is 5.96. The highest BCUT2D eigenvalue weighted by atomic mass is 19.1. The zero-order chi connectivity index (χ0) is 13.5. The second-order valence-electron chi connectivity index (χ2n) is 4.30. The summed E-state index contributed by atoms with van der Waals surface area (Å²) in [6.07, 6.45) is 0.934. The molecule has 1 aromatic carbocycles. The fourth-order valence-electron chi connectivity index (χ4n) is 1.79. The predicted molar refractivity (Wildman–Crippen MR) is 70.2 cm³/mol. The van der Waals surface area contributed by atoms with E-state index in [1.807, 2.05) is 7.05 Å². The Morgan fingerprint density at radius 1 is 1.50 bits per heavy atom. The quantitative estimate of drug-likeness (QED) is 0.440. The number of benzene rings is 1. The van der Waals surface area contributed by atoms with Crippen LogP contribution in [0.4, 0.5) is 4.39 Å². The second kappa shape index (κ2) is 7.08. The van der Waals surface area contributed by atoms with Crippen LogP contribution < -0.4 is 5.73 Å². The number of hydrogen-bond donors (Lipinski definition) is 2. The molecule has 18 heavy (non-hydrogen) atoms. The molecule has 0 aliphatic rings. The molecule has 0 amide bonds. The van der Waals surface area contributed by atoms with E-state index in [9.17, 15) is 4.39 Å². The van der Waals surface area contributed by atoms with E-state index in [0.717, 1.165) is 18.5 Å². The first-order valence-electron chi connectivity index (χ1n) is 5.85. The van der Waals surface area contributed by atoms with Crippen molar-refractivity contribution in [2.45, 2.75) is 13.0 Å². The van der Waals surface area contributed by atoms with Crippen LogP contribution in [-0.2, 0) is 11.3 Å². The summed E-state index contributed by atoms with van der Waals surface area (Å²) in [4.78, 5) is 2.10. The minimum absolute atomic E-state index is 0.102. The summed E-state index contributed by atoms with van der Waals surface area (Å²) >= 11 is 0. The zero-order valence-corrected chi connectivity index (χ0v) is 10.9. The number of methoxy groups -OCH3 is 1. The second-order valence-corrected chi connectivity index (χ2v) is 4.30. The summed E-state index contributed by atoms with van der Waals surface area (Å²) in [7, 11) is 3.65. The normalized spacial score (nSPS) is 10.9. The maximum absolute atomic E-state index is 13.1. The number of nitrogens with zero attached hydrogens (tertiary/aromatic N) is 1. The summed E-state index contributed by atoms with van der Waals surface area (Å²) in [5.74, 6) is -0.472. The van der Waals surface area contributed by atoms with Gasteiger partial charge in [0.25, 0.3) is 0 Å². The van der Waals surface area contributed by atoms with Crippen LogP contribution in [0.1, 0.15) is 17.5 Å². The number of nitrogen functional groups attached to an aromatic ring is 1. The van der Waals surface area contributed by atoms with E-state index in [0.29, 0.717) is 18.7 Å². The van der Waals surface area contributed by atoms with Gasteiger partial charge in [-0.2, -0.15) is 0 Å². The molecular formula is C13H20FN3O. The average Bonchev–Trinajstić information content (AvgIpc) is 2.31. The summed E-state index contributed by atoms with van der Waals surface area (Å²) in [6.45, 7) is 2.23. The van der Waals surface area contributed by atoms with Gasteiger partial charge in [0.15, 0.2) is 0 Å². The molecule has 0 saturated carbocycles. The molecule has 0 aliphatic heterocycles. The molecule has 0 aromatic heterocycles. The average molecular weight is 253 g/mol. The van der Waals surface area contributed by atoms with Crippen molar-refractivity contribution >= 4 is 5.84 Å². The zero-order valence-electron chi connectivity index (χ0n) is 10.9. The van der Waals surface area contributed by atoms with Crippen molar-refractivity contribution in [3.05, 3.63) is 35.1 Å². The largest absolute Gasteiger partial charge is 0.385 e. The topological polar surface area (TPSA) is 62.3 Å². The number of halogens is 1. The number of nitrogens with one attached hydrogen (secondary N) is 1. The van der Waals surface area contributed by atoms with Gasteiger partial charge in [0.2, 0.25) is 0 Å². The molecule has 1 aromatic rings. The number of nitrogens with two attached hydrogens (primary N) is 1. The van der Waals surface area contributed by atoms with Crippen molar-refractivity contribution in [1.82, 2.24) is 4.90 Å². The molecular weight excluding hydrogens is 233 g/mol. The van der Waals surface area contributed by atoms with E-state index < -0.39 is 0 Å². The van der Waals surface area contributed by atoms with Crippen LogP contribution in [0.15, 0.2) is 18.2 Å². The van der Waals surface area contributed by atoms with Gasteiger partial charge in [-0.05, 0) is 31.2 Å². The highest BCUT2D eigenvalue weighted by Gasteiger charge is 2.09. The molecule has 0 atom stereocenters. The first kappa shape index (κ1) is 14.6. The molecule has 100 valence electrons. The van der Waals surface area contributed by atoms with E-state index in [1.165, 1.54) is 12.1 Å². The number of amidine groups is 1. The van der Waals surface area contributed by atoms with Crippen LogP contribution >= 0.6 is 0 Å². The lowest BCUT2D eigenvalue weighted by molar-refractivity contribution is 0.178. The molecule has 4 nitrogen and oxygen atoms in total. The lowest BCUT2D eigenvalue weighted by Crippen LogP contribution is -2.23. The van der Waals surface area contributed by atoms with Crippen LogP contribution in [0.25, 0.3) is 0 Å². The molecule has 0 radical (unpaired) electrons. The van der Waals surface area contributed by atoms with Crippen molar-refractivity contribution in [1.29, 1.82) is 5.41 Å². The van der Waals surface area contributed by atoms with Gasteiger partial charge >= 0.3 is 0 Å². The fraction of sp³-hybridized carbons (Fsp3) is 0.462. The summed E-state index contributed by atoms with van der Waals surface area (Å²) in [5, 5.41) is 7.46. The van der Waals surface area contributed by atoms with Crippen molar-refractivity contribution < 1.29 is 9.13 Å². The third kappa shape index (κ3) is 4.43. The molecule has 5 heteroatoms. The Hall–Kier alpha value is -1.46. The Morgan fingerprint density at radius 3 is 2.83 bits per heavy atom. The first-order chi connectivity index (χ1) is 8.54. The van der Waals surface area contributed by atoms with Crippen LogP contribution in [0.3, 0.4) is 0 Å². The fourth-order valence-corrected chi connectivity index (χ4v) is 1.79. The van der Waals surface area contributed by atoms with Gasteiger partial charge in [0.05, 0.1) is 0 Å². The third-order valence-corrected chi connectivity index (χ3v) is 2.69. The van der Waals surface area contributed by atoms with Gasteiger partial charge in [-0.3, -0.25) is 5.41 Å². The van der Waals surface area contributed by atoms with E-state index >= 15 is 0 Å². The van der Waals surface area contributed by atoms with Crippen molar-refractivity contribution in [3.8, 4) is 0 Å². The molecule has 0 fully saturated rings. The Balaban J connectivity index is 2.68. The standard InChI is InChI=1S/C13H20FN3O/c1-17(6-3-7-18-2)9-10-4-5-11(14)8-12(10)13(15)16/h4-5,8H,3,6-7,9H2,1-2H3,(H3,15,16). The molecule has 0 unspecified atom stereocenters. The maximum atomic E-state index is 13.1. The lowest BCUT2D eigenvalue weighted by Gasteiger charge is -2.18. The molecule has 3 N–H and O–H groups in total. The minimum Gasteiger partial charge on any atom is -0.385 e. The summed E-state index contributed by atoms with van der Waals surface area (Å²) in [6, 6.07) is 4.38. The number of hydrogen-bond acceptors (Lipinski definition) is 3. The molecule has 0 bridgehead atoms. The smallest absolute Gasteiger partial charge is 0.123 e. The predicted octanol–water partition coefficient (Wildman–Crippen LogP) is 1.58. The van der Waals surface area contributed by atoms with E-state index in [1.54, 1.807) is 13.2 Å². The van der Waals surface area contributed by atoms with Gasteiger partial charge in [-0.15, -0.1) is 0 Å². The Labute approximate surface area is 107 Å². The molecule has 0 spiro atoms. The highest BCUT2D eigenvalue weighted by Crippen LogP contribution is 2.13. The minimum atomic E-state index is -0.369. The van der Waals surface area contributed by atoms with Gasteiger partial charge in [-0.25, -0.2) is 4.39 Å². The van der Waals surface area contributed by atoms with Crippen LogP contribution in [-0.4, -0.2) is 38.0 Å². The van der Waals surface area contributed by atoms with Crippen LogP contribution in [0, 0.1) is 11.2 Å². The van der Waals surface area contributed by atoms with Crippen LogP contribution in [0.2, 0.25) is 0 Å². The molecule has 0 heterocycles. The van der Waals surface area contributed by atoms with Crippen molar-refractivity contribution in [2.24, 2.45) is 5.73 Å². The summed E-state index contributed by atoms with van der Waals surface area (Å²) < 4.78 is 18.1. The number of rotatable bonds is 7. The van der Waals surface area contributed by atoms with Gasteiger partial charge in [0.1, 0.15) is 11.7 Å². The first-order valence-corrected chi connectivity index (χ1v) is 5.85. The Morgan fingerprint density at radius 2 is 2.22 bits per heavy atom. The van der Waals surface area contributed by atoms with E-state index in [-0.39, 0.29) is 11.7 Å². The van der Waals surface area contributed by atoms with Crippen molar-refractivity contribution in [3.63, 3.8) is 0 Å². The van der Waals surface area contributed by atoms with Crippen molar-refractivity contribution in [2.75, 3.05) is 27.3 Å². The lowest BCUT2D eigenvalue weighted by atomic mass is 10.1. The molecule has 0 aliphatic carbocycles. The SMILES string of the molecule is COCCCN(C)Cc1ccc(F)cc1C(=N)N. The Kier molecular flexibility index (Phi) is 5.74. The van der Waals surface area contributed by atoms with Crippen LogP contribution in [0.5, 0.6) is 0 Å². The Bertz CT molecular complexity index is 409. The monoisotopic (exact) mass is 253 g/mol. The van der Waals surface area contributed by atoms with Gasteiger partial charge < -0.3 is 15.4 Å². The molecule has 0 saturated heterocycles. The number of ether oxygens (including phenoxy) is 1. The van der Waals surface area contributed by atoms with Gasteiger partial charge in [0, 0.05) is 32.4 Å². The maximum Gasteiger partial charge on any atom is 0.123 e.